The number of hydrogen-bond acceptors (Lipinski definition) is 1. The van der Waals surface area contributed by atoms with Gasteiger partial charge in [0.2, 0.25) is 0 Å². The van der Waals surface area contributed by atoms with Gasteiger partial charge in [-0.05, 0) is 36.6 Å². The van der Waals surface area contributed by atoms with Crippen molar-refractivity contribution in [2.24, 2.45) is 0 Å². The number of anilines is 1. The Balaban J connectivity index is 1.95. The number of benzene rings is 2. The minimum Gasteiger partial charge on any atom is -0.381 e. The highest BCUT2D eigenvalue weighted by Gasteiger charge is 2.06. The van der Waals surface area contributed by atoms with E-state index in [9.17, 15) is 8.78 Å². The second-order valence-electron chi connectivity index (χ2n) is 4.87. The van der Waals surface area contributed by atoms with Gasteiger partial charge in [-0.25, -0.2) is 8.78 Å². The van der Waals surface area contributed by atoms with Crippen LogP contribution < -0.4 is 5.32 Å². The maximum absolute atomic E-state index is 13.5. The fourth-order valence-corrected chi connectivity index (χ4v) is 2.05. The predicted molar refractivity (Wildman–Crippen MR) is 78.7 cm³/mol. The summed E-state index contributed by atoms with van der Waals surface area (Å²) in [6.45, 7) is 2.45. The molecule has 0 bridgehead atoms. The molecule has 2 aromatic rings. The SMILES string of the molecule is CCCCc1ccc(NCc2cccc(F)c2F)cc1. The van der Waals surface area contributed by atoms with Crippen molar-refractivity contribution in [2.75, 3.05) is 5.32 Å². The van der Waals surface area contributed by atoms with Crippen LogP contribution in [0.25, 0.3) is 0 Å². The first kappa shape index (κ1) is 14.5. The third kappa shape index (κ3) is 3.80. The van der Waals surface area contributed by atoms with E-state index in [1.165, 1.54) is 24.5 Å². The van der Waals surface area contributed by atoms with E-state index in [0.717, 1.165) is 18.2 Å². The summed E-state index contributed by atoms with van der Waals surface area (Å²) in [5, 5.41) is 3.11. The third-order valence-electron chi connectivity index (χ3n) is 3.29. The Bertz CT molecular complexity index is 549. The molecule has 0 saturated heterocycles. The van der Waals surface area contributed by atoms with Gasteiger partial charge in [0.25, 0.3) is 0 Å². The topological polar surface area (TPSA) is 12.0 Å². The Morgan fingerprint density at radius 3 is 2.45 bits per heavy atom. The van der Waals surface area contributed by atoms with E-state index in [1.807, 2.05) is 12.1 Å². The maximum Gasteiger partial charge on any atom is 0.163 e. The minimum absolute atomic E-state index is 0.276. The second-order valence-corrected chi connectivity index (χ2v) is 4.87. The van der Waals surface area contributed by atoms with Gasteiger partial charge in [-0.2, -0.15) is 0 Å². The Morgan fingerprint density at radius 1 is 1.00 bits per heavy atom. The first-order valence-electron chi connectivity index (χ1n) is 6.96. The molecular formula is C17H19F2N. The molecule has 20 heavy (non-hydrogen) atoms. The van der Waals surface area contributed by atoms with Crippen LogP contribution in [0.2, 0.25) is 0 Å². The minimum atomic E-state index is -0.806. The van der Waals surface area contributed by atoms with E-state index in [1.54, 1.807) is 6.07 Å². The van der Waals surface area contributed by atoms with Gasteiger partial charge in [0.1, 0.15) is 0 Å². The van der Waals surface area contributed by atoms with Crippen LogP contribution in [0.3, 0.4) is 0 Å². The molecule has 0 fully saturated rings. The molecule has 1 N–H and O–H groups in total. The van der Waals surface area contributed by atoms with Crippen LogP contribution in [0.15, 0.2) is 42.5 Å². The fourth-order valence-electron chi connectivity index (χ4n) is 2.05. The predicted octanol–water partition coefficient (Wildman–Crippen LogP) is 4.92. The van der Waals surface area contributed by atoms with Crippen LogP contribution in [0.1, 0.15) is 30.9 Å². The fraction of sp³-hybridized carbons (Fsp3) is 0.294. The molecule has 0 aliphatic rings. The highest BCUT2D eigenvalue weighted by molar-refractivity contribution is 5.45. The van der Waals surface area contributed by atoms with Crippen LogP contribution in [0.4, 0.5) is 14.5 Å². The summed E-state index contributed by atoms with van der Waals surface area (Å²) in [4.78, 5) is 0. The van der Waals surface area contributed by atoms with E-state index < -0.39 is 11.6 Å². The Labute approximate surface area is 118 Å². The van der Waals surface area contributed by atoms with Crippen molar-refractivity contribution in [3.8, 4) is 0 Å². The second kappa shape index (κ2) is 7.04. The van der Waals surface area contributed by atoms with E-state index in [4.69, 9.17) is 0 Å². The molecule has 106 valence electrons. The van der Waals surface area contributed by atoms with Gasteiger partial charge in [-0.1, -0.05) is 37.6 Å². The number of rotatable bonds is 6. The zero-order chi connectivity index (χ0) is 14.4. The normalized spacial score (nSPS) is 10.6. The van der Waals surface area contributed by atoms with Crippen molar-refractivity contribution < 1.29 is 8.78 Å². The van der Waals surface area contributed by atoms with E-state index >= 15 is 0 Å². The zero-order valence-corrected chi connectivity index (χ0v) is 11.6. The molecule has 2 rings (SSSR count). The third-order valence-corrected chi connectivity index (χ3v) is 3.29. The summed E-state index contributed by atoms with van der Waals surface area (Å²) < 4.78 is 26.6. The number of aryl methyl sites for hydroxylation is 1. The van der Waals surface area contributed by atoms with Gasteiger partial charge < -0.3 is 5.32 Å². The molecule has 0 heterocycles. The van der Waals surface area contributed by atoms with Gasteiger partial charge >= 0.3 is 0 Å². The quantitative estimate of drug-likeness (QED) is 0.789. The average molecular weight is 275 g/mol. The van der Waals surface area contributed by atoms with Crippen molar-refractivity contribution >= 4 is 5.69 Å². The van der Waals surface area contributed by atoms with Crippen LogP contribution in [-0.4, -0.2) is 0 Å². The molecule has 0 aromatic heterocycles. The highest BCUT2D eigenvalue weighted by atomic mass is 19.2. The summed E-state index contributed by atoms with van der Waals surface area (Å²) in [6, 6.07) is 12.3. The number of halogens is 2. The molecule has 0 spiro atoms. The van der Waals surface area contributed by atoms with Crippen LogP contribution in [0.5, 0.6) is 0 Å². The van der Waals surface area contributed by atoms with Crippen molar-refractivity contribution in [1.29, 1.82) is 0 Å². The lowest BCUT2D eigenvalue weighted by molar-refractivity contribution is 0.500. The Hall–Kier alpha value is -1.90. The maximum atomic E-state index is 13.5. The van der Waals surface area contributed by atoms with Crippen molar-refractivity contribution in [3.05, 3.63) is 65.2 Å². The standard InChI is InChI=1S/C17H19F2N/c1-2-3-5-13-8-10-15(11-9-13)20-12-14-6-4-7-16(18)17(14)19/h4,6-11,20H,2-3,5,12H2,1H3. The lowest BCUT2D eigenvalue weighted by atomic mass is 10.1. The van der Waals surface area contributed by atoms with Crippen molar-refractivity contribution in [2.45, 2.75) is 32.7 Å². The average Bonchev–Trinajstić information content (AvgIpc) is 2.48. The lowest BCUT2D eigenvalue weighted by Crippen LogP contribution is -2.03. The smallest absolute Gasteiger partial charge is 0.163 e. The molecule has 2 aromatic carbocycles. The van der Waals surface area contributed by atoms with Gasteiger partial charge in [-0.15, -0.1) is 0 Å². The number of hydrogen-bond donors (Lipinski definition) is 1. The lowest BCUT2D eigenvalue weighted by Gasteiger charge is -2.08. The molecule has 0 aliphatic heterocycles. The van der Waals surface area contributed by atoms with E-state index in [0.29, 0.717) is 5.56 Å². The van der Waals surface area contributed by atoms with E-state index in [2.05, 4.69) is 24.4 Å². The molecule has 1 nitrogen and oxygen atoms in total. The molecule has 0 aliphatic carbocycles. The Kier molecular flexibility index (Phi) is 5.10. The largest absolute Gasteiger partial charge is 0.381 e. The molecule has 0 radical (unpaired) electrons. The molecular weight excluding hydrogens is 256 g/mol. The first-order valence-corrected chi connectivity index (χ1v) is 6.96. The van der Waals surface area contributed by atoms with Crippen molar-refractivity contribution in [3.63, 3.8) is 0 Å². The van der Waals surface area contributed by atoms with Crippen LogP contribution >= 0.6 is 0 Å². The molecule has 0 unspecified atom stereocenters. The molecule has 0 saturated carbocycles. The van der Waals surface area contributed by atoms with Gasteiger partial charge in [0, 0.05) is 17.8 Å². The van der Waals surface area contributed by atoms with Crippen LogP contribution in [-0.2, 0) is 13.0 Å². The van der Waals surface area contributed by atoms with Crippen molar-refractivity contribution in [1.82, 2.24) is 0 Å². The number of nitrogens with one attached hydrogen (secondary N) is 1. The zero-order valence-electron chi connectivity index (χ0n) is 11.6. The monoisotopic (exact) mass is 275 g/mol. The number of unbranched alkanes of at least 4 members (excludes halogenated alkanes) is 1. The Morgan fingerprint density at radius 2 is 1.75 bits per heavy atom. The molecule has 3 heteroatoms. The summed E-state index contributed by atoms with van der Waals surface area (Å²) in [6.07, 6.45) is 3.44. The van der Waals surface area contributed by atoms with E-state index in [-0.39, 0.29) is 6.54 Å². The summed E-state index contributed by atoms with van der Waals surface area (Å²) in [5.74, 6) is -1.58. The van der Waals surface area contributed by atoms with Crippen LogP contribution in [0, 0.1) is 11.6 Å². The summed E-state index contributed by atoms with van der Waals surface area (Å²) in [7, 11) is 0. The first-order chi connectivity index (χ1) is 9.70. The summed E-state index contributed by atoms with van der Waals surface area (Å²) >= 11 is 0. The molecule has 0 atom stereocenters. The van der Waals surface area contributed by atoms with Gasteiger partial charge in [0.15, 0.2) is 11.6 Å². The van der Waals surface area contributed by atoms with Gasteiger partial charge in [-0.3, -0.25) is 0 Å². The van der Waals surface area contributed by atoms with Gasteiger partial charge in [0.05, 0.1) is 0 Å². The molecule has 0 amide bonds. The summed E-state index contributed by atoms with van der Waals surface area (Å²) in [5.41, 5.74) is 2.54. The highest BCUT2D eigenvalue weighted by Crippen LogP contribution is 2.15.